The van der Waals surface area contributed by atoms with Gasteiger partial charge in [0.15, 0.2) is 5.82 Å². The fourth-order valence-corrected chi connectivity index (χ4v) is 3.45. The molecule has 0 unspecified atom stereocenters. The molecule has 0 bridgehead atoms. The van der Waals surface area contributed by atoms with Gasteiger partial charge in [-0.15, -0.1) is 0 Å². The van der Waals surface area contributed by atoms with Gasteiger partial charge >= 0.3 is 6.16 Å². The molecule has 9 heteroatoms. The lowest BCUT2D eigenvalue weighted by molar-refractivity contribution is 0.102. The molecule has 3 rings (SSSR count). The number of hydrogen-bond donors (Lipinski definition) is 2. The number of nitrogens with zero attached hydrogens (tertiary/aromatic N) is 1. The summed E-state index contributed by atoms with van der Waals surface area (Å²) in [7, 11) is 0. The third-order valence-corrected chi connectivity index (χ3v) is 4.73. The van der Waals surface area contributed by atoms with Gasteiger partial charge in [0, 0.05) is 10.6 Å². The Morgan fingerprint density at radius 1 is 1.12 bits per heavy atom. The van der Waals surface area contributed by atoms with Gasteiger partial charge in [-0.3, -0.25) is 4.79 Å². The maximum Gasteiger partial charge on any atom is 0.512 e. The van der Waals surface area contributed by atoms with Gasteiger partial charge in [0.05, 0.1) is 10.6 Å². The maximum absolute atomic E-state index is 12.5. The van der Waals surface area contributed by atoms with Crippen molar-refractivity contribution >= 4 is 52.4 Å². The lowest BCUT2D eigenvalue weighted by Crippen LogP contribution is -2.14. The van der Waals surface area contributed by atoms with Gasteiger partial charge in [-0.2, -0.15) is 0 Å². The molecule has 0 fully saturated rings. The third kappa shape index (κ3) is 4.13. The molecule has 0 aliphatic rings. The fourth-order valence-electron chi connectivity index (χ4n) is 2.09. The lowest BCUT2D eigenvalue weighted by Gasteiger charge is -2.06. The van der Waals surface area contributed by atoms with E-state index in [2.05, 4.69) is 10.3 Å². The number of hydrogen-bond acceptors (Lipinski definition) is 5. The van der Waals surface area contributed by atoms with Crippen molar-refractivity contribution in [2.45, 2.75) is 0 Å². The summed E-state index contributed by atoms with van der Waals surface area (Å²) in [5.41, 5.74) is 0.935. The Hall–Kier alpha value is -2.61. The Bertz CT molecular complexity index is 976. The molecule has 1 heterocycles. The van der Waals surface area contributed by atoms with Gasteiger partial charge in [-0.1, -0.05) is 64.9 Å². The highest BCUT2D eigenvalue weighted by atomic mass is 35.5. The molecule has 3 aromatic rings. The molecular weight excluding hydrogens is 399 g/mol. The molecule has 0 aliphatic carbocycles. The van der Waals surface area contributed by atoms with Gasteiger partial charge in [0.2, 0.25) is 5.06 Å². The van der Waals surface area contributed by atoms with Crippen LogP contribution in [-0.2, 0) is 0 Å². The van der Waals surface area contributed by atoms with E-state index >= 15 is 0 Å². The van der Waals surface area contributed by atoms with E-state index in [0.29, 0.717) is 10.0 Å². The number of ether oxygens (including phenoxy) is 1. The minimum absolute atomic E-state index is 0.00716. The Kier molecular flexibility index (Phi) is 5.41. The van der Waals surface area contributed by atoms with Crippen molar-refractivity contribution in [3.05, 3.63) is 64.1 Å². The van der Waals surface area contributed by atoms with E-state index in [4.69, 9.17) is 33.0 Å². The molecule has 0 saturated heterocycles. The minimum Gasteiger partial charge on any atom is -0.449 e. The number of carboxylic acid groups (broad SMARTS) is 1. The van der Waals surface area contributed by atoms with Gasteiger partial charge in [0.25, 0.3) is 5.91 Å². The summed E-state index contributed by atoms with van der Waals surface area (Å²) in [5.74, 6) is -0.570. The van der Waals surface area contributed by atoms with E-state index in [1.54, 1.807) is 0 Å². The Morgan fingerprint density at radius 2 is 1.85 bits per heavy atom. The number of benzene rings is 2. The molecule has 0 radical (unpaired) electrons. The van der Waals surface area contributed by atoms with Crippen molar-refractivity contribution in [2.75, 3.05) is 5.32 Å². The van der Waals surface area contributed by atoms with E-state index in [0.717, 1.165) is 16.9 Å². The molecule has 1 amide bonds. The second kappa shape index (κ2) is 7.74. The molecule has 6 nitrogen and oxygen atoms in total. The zero-order valence-electron chi connectivity index (χ0n) is 12.9. The van der Waals surface area contributed by atoms with E-state index < -0.39 is 12.1 Å². The predicted octanol–water partition coefficient (Wildman–Crippen LogP) is 5.43. The number of rotatable bonds is 4. The summed E-state index contributed by atoms with van der Waals surface area (Å²) in [6.45, 7) is 0. The molecule has 2 aromatic carbocycles. The van der Waals surface area contributed by atoms with Crippen LogP contribution in [0.4, 0.5) is 10.6 Å². The highest BCUT2D eigenvalue weighted by molar-refractivity contribution is 7.17. The quantitative estimate of drug-likeness (QED) is 0.562. The number of nitrogens with one attached hydrogen (secondary N) is 1. The molecule has 0 atom stereocenters. The first kappa shape index (κ1) is 18.2. The van der Waals surface area contributed by atoms with Crippen molar-refractivity contribution in [2.24, 2.45) is 0 Å². The van der Waals surface area contributed by atoms with Crippen molar-refractivity contribution < 1.29 is 19.4 Å². The molecule has 132 valence electrons. The van der Waals surface area contributed by atoms with Gasteiger partial charge in [-0.05, 0) is 18.2 Å². The van der Waals surface area contributed by atoms with Crippen molar-refractivity contribution in [3.8, 4) is 15.6 Å². The summed E-state index contributed by atoms with van der Waals surface area (Å²) < 4.78 is 4.74. The first-order valence-corrected chi connectivity index (χ1v) is 8.74. The average Bonchev–Trinajstić information content (AvgIpc) is 2.97. The van der Waals surface area contributed by atoms with Gasteiger partial charge in [-0.25, -0.2) is 9.78 Å². The van der Waals surface area contributed by atoms with Crippen LogP contribution in [0, 0.1) is 0 Å². The van der Waals surface area contributed by atoms with E-state index in [1.807, 2.05) is 30.3 Å². The largest absolute Gasteiger partial charge is 0.512 e. The standard InChI is InChI=1S/C17H10Cl2N2O4S/c18-10-6-7-11(12(19)8-10)14(22)20-13-16(25-17(23)24)26-15(21-13)9-4-2-1-3-5-9/h1-8H,(H,20,22)(H,23,24). The van der Waals surface area contributed by atoms with Crippen LogP contribution in [0.3, 0.4) is 0 Å². The van der Waals surface area contributed by atoms with Crippen molar-refractivity contribution in [1.29, 1.82) is 0 Å². The zero-order valence-corrected chi connectivity index (χ0v) is 15.2. The Morgan fingerprint density at radius 3 is 2.50 bits per heavy atom. The predicted molar refractivity (Wildman–Crippen MR) is 101 cm³/mol. The SMILES string of the molecule is O=C(O)Oc1sc(-c2ccccc2)nc1NC(=O)c1ccc(Cl)cc1Cl. The van der Waals surface area contributed by atoms with Crippen LogP contribution in [0.15, 0.2) is 48.5 Å². The number of halogens is 2. The third-order valence-electron chi connectivity index (χ3n) is 3.20. The summed E-state index contributed by atoms with van der Waals surface area (Å²) >= 11 is 12.9. The Balaban J connectivity index is 1.93. The number of amides is 1. The average molecular weight is 409 g/mol. The van der Waals surface area contributed by atoms with Crippen LogP contribution < -0.4 is 10.1 Å². The highest BCUT2D eigenvalue weighted by Gasteiger charge is 2.20. The Labute approximate surface area is 162 Å². The molecule has 0 saturated carbocycles. The lowest BCUT2D eigenvalue weighted by atomic mass is 10.2. The van der Waals surface area contributed by atoms with Crippen LogP contribution in [0.2, 0.25) is 10.0 Å². The highest BCUT2D eigenvalue weighted by Crippen LogP contribution is 2.38. The monoisotopic (exact) mass is 408 g/mol. The zero-order chi connectivity index (χ0) is 18.7. The molecule has 2 N–H and O–H groups in total. The fraction of sp³-hybridized carbons (Fsp3) is 0. The molecule has 0 aliphatic heterocycles. The van der Waals surface area contributed by atoms with Crippen molar-refractivity contribution in [1.82, 2.24) is 4.98 Å². The van der Waals surface area contributed by atoms with Crippen LogP contribution in [-0.4, -0.2) is 22.2 Å². The number of anilines is 1. The van der Waals surface area contributed by atoms with Crippen LogP contribution >= 0.6 is 34.5 Å². The normalized spacial score (nSPS) is 10.4. The van der Waals surface area contributed by atoms with Crippen LogP contribution in [0.25, 0.3) is 10.6 Å². The number of carbonyl (C=O) groups is 2. The topological polar surface area (TPSA) is 88.5 Å². The summed E-state index contributed by atoms with van der Waals surface area (Å²) in [5, 5.41) is 12.4. The smallest absolute Gasteiger partial charge is 0.449 e. The second-order valence-corrected chi connectivity index (χ2v) is 6.77. The summed E-state index contributed by atoms with van der Waals surface area (Å²) in [6, 6.07) is 13.5. The minimum atomic E-state index is -1.51. The summed E-state index contributed by atoms with van der Waals surface area (Å²) in [4.78, 5) is 27.7. The van der Waals surface area contributed by atoms with E-state index in [1.165, 1.54) is 18.2 Å². The summed E-state index contributed by atoms with van der Waals surface area (Å²) in [6.07, 6.45) is -1.51. The molecule has 0 spiro atoms. The number of aromatic nitrogens is 1. The number of thiazole rings is 1. The van der Waals surface area contributed by atoms with E-state index in [9.17, 15) is 9.59 Å². The maximum atomic E-state index is 12.5. The van der Waals surface area contributed by atoms with Gasteiger partial charge < -0.3 is 15.2 Å². The molecule has 26 heavy (non-hydrogen) atoms. The van der Waals surface area contributed by atoms with E-state index in [-0.39, 0.29) is 21.5 Å². The van der Waals surface area contributed by atoms with Crippen LogP contribution in [0.1, 0.15) is 10.4 Å². The van der Waals surface area contributed by atoms with Crippen LogP contribution in [0.5, 0.6) is 5.06 Å². The first-order valence-electron chi connectivity index (χ1n) is 7.17. The number of carbonyl (C=O) groups excluding carboxylic acids is 1. The van der Waals surface area contributed by atoms with Crippen molar-refractivity contribution in [3.63, 3.8) is 0 Å². The first-order chi connectivity index (χ1) is 12.4. The molecular formula is C17H10Cl2N2O4S. The van der Waals surface area contributed by atoms with Gasteiger partial charge in [0.1, 0.15) is 5.01 Å². The molecule has 1 aromatic heterocycles. The second-order valence-electron chi connectivity index (χ2n) is 4.97.